The third kappa shape index (κ3) is 4.87. The topological polar surface area (TPSA) is 39.7 Å². The Morgan fingerprint density at radius 2 is 2.10 bits per heavy atom. The van der Waals surface area contributed by atoms with E-state index in [2.05, 4.69) is 34.2 Å². The van der Waals surface area contributed by atoms with E-state index in [9.17, 15) is 0 Å². The zero-order valence-electron chi connectivity index (χ0n) is 12.8. The summed E-state index contributed by atoms with van der Waals surface area (Å²) in [6, 6.07) is 4.14. The minimum Gasteiger partial charge on any atom is -0.493 e. The van der Waals surface area contributed by atoms with Crippen molar-refractivity contribution in [1.82, 2.24) is 5.32 Å². The molecule has 1 aromatic carbocycles. The molecular weight excluding hydrogens is 334 g/mol. The Kier molecular flexibility index (Phi) is 6.80. The Morgan fingerprint density at radius 1 is 1.33 bits per heavy atom. The van der Waals surface area contributed by atoms with Gasteiger partial charge in [-0.05, 0) is 46.6 Å². The van der Waals surface area contributed by atoms with E-state index in [1.807, 2.05) is 6.07 Å². The number of ether oxygens (including phenoxy) is 3. The summed E-state index contributed by atoms with van der Waals surface area (Å²) in [5.74, 6) is 1.58. The Hall–Kier alpha value is -0.780. The van der Waals surface area contributed by atoms with Crippen molar-refractivity contribution in [1.29, 1.82) is 0 Å². The summed E-state index contributed by atoms with van der Waals surface area (Å²) in [5.41, 5.74) is 1.19. The van der Waals surface area contributed by atoms with Gasteiger partial charge in [0, 0.05) is 19.4 Å². The highest BCUT2D eigenvalue weighted by molar-refractivity contribution is 9.10. The molecule has 1 N–H and O–H groups in total. The lowest BCUT2D eigenvalue weighted by Crippen LogP contribution is -2.26. The van der Waals surface area contributed by atoms with Crippen molar-refractivity contribution in [2.24, 2.45) is 0 Å². The standard InChI is InChI=1S/C16H24BrNO3/c1-3-6-18-11-12-9-14(17)16(15(10-12)19-2)21-13-4-7-20-8-5-13/h9-10,13,18H,3-8,11H2,1-2H3. The fraction of sp³-hybridized carbons (Fsp3) is 0.625. The van der Waals surface area contributed by atoms with Gasteiger partial charge in [-0.15, -0.1) is 0 Å². The van der Waals surface area contributed by atoms with E-state index in [1.54, 1.807) is 7.11 Å². The van der Waals surface area contributed by atoms with Crippen molar-refractivity contribution in [3.05, 3.63) is 22.2 Å². The molecule has 0 amide bonds. The summed E-state index contributed by atoms with van der Waals surface area (Å²) in [7, 11) is 1.68. The van der Waals surface area contributed by atoms with Crippen molar-refractivity contribution in [2.75, 3.05) is 26.9 Å². The predicted molar refractivity (Wildman–Crippen MR) is 87.2 cm³/mol. The van der Waals surface area contributed by atoms with Crippen LogP contribution in [0.5, 0.6) is 11.5 Å². The number of methoxy groups -OCH3 is 1. The molecule has 0 aliphatic carbocycles. The lowest BCUT2D eigenvalue weighted by molar-refractivity contribution is 0.0242. The smallest absolute Gasteiger partial charge is 0.175 e. The van der Waals surface area contributed by atoms with Crippen LogP contribution >= 0.6 is 15.9 Å². The fourth-order valence-electron chi connectivity index (χ4n) is 2.36. The third-order valence-corrected chi connectivity index (χ3v) is 4.09. The summed E-state index contributed by atoms with van der Waals surface area (Å²) in [6.45, 7) is 5.54. The van der Waals surface area contributed by atoms with Gasteiger partial charge in [0.1, 0.15) is 6.10 Å². The molecule has 0 unspecified atom stereocenters. The molecular formula is C16H24BrNO3. The second-order valence-corrected chi connectivity index (χ2v) is 6.07. The fourth-order valence-corrected chi connectivity index (χ4v) is 2.94. The monoisotopic (exact) mass is 357 g/mol. The van der Waals surface area contributed by atoms with E-state index in [0.29, 0.717) is 0 Å². The van der Waals surface area contributed by atoms with E-state index in [0.717, 1.165) is 61.5 Å². The lowest BCUT2D eigenvalue weighted by Gasteiger charge is -2.25. The highest BCUT2D eigenvalue weighted by Gasteiger charge is 2.19. The van der Waals surface area contributed by atoms with Crippen LogP contribution in [0.25, 0.3) is 0 Å². The van der Waals surface area contributed by atoms with Crippen LogP contribution in [0.2, 0.25) is 0 Å². The van der Waals surface area contributed by atoms with Crippen LogP contribution in [0.3, 0.4) is 0 Å². The first-order valence-electron chi connectivity index (χ1n) is 7.56. The number of halogens is 1. The van der Waals surface area contributed by atoms with Gasteiger partial charge in [0.25, 0.3) is 0 Å². The maximum atomic E-state index is 6.12. The van der Waals surface area contributed by atoms with Gasteiger partial charge in [0.15, 0.2) is 11.5 Å². The maximum Gasteiger partial charge on any atom is 0.175 e. The molecule has 118 valence electrons. The van der Waals surface area contributed by atoms with Gasteiger partial charge < -0.3 is 19.5 Å². The van der Waals surface area contributed by atoms with Crippen LogP contribution in [0.1, 0.15) is 31.7 Å². The molecule has 0 saturated carbocycles. The molecule has 1 heterocycles. The maximum absolute atomic E-state index is 6.12. The van der Waals surface area contributed by atoms with Gasteiger partial charge in [0.2, 0.25) is 0 Å². The zero-order valence-corrected chi connectivity index (χ0v) is 14.4. The van der Waals surface area contributed by atoms with Gasteiger partial charge in [-0.2, -0.15) is 0 Å². The first-order chi connectivity index (χ1) is 10.2. The summed E-state index contributed by atoms with van der Waals surface area (Å²) < 4.78 is 17.9. The Labute approximate surface area is 135 Å². The molecule has 2 rings (SSSR count). The van der Waals surface area contributed by atoms with Gasteiger partial charge in [-0.1, -0.05) is 6.92 Å². The minimum absolute atomic E-state index is 0.202. The quantitative estimate of drug-likeness (QED) is 0.758. The van der Waals surface area contributed by atoms with Crippen molar-refractivity contribution in [2.45, 2.75) is 38.8 Å². The first kappa shape index (κ1) is 16.6. The van der Waals surface area contributed by atoms with E-state index in [4.69, 9.17) is 14.2 Å². The number of benzene rings is 1. The highest BCUT2D eigenvalue weighted by Crippen LogP contribution is 2.38. The zero-order chi connectivity index (χ0) is 15.1. The molecule has 21 heavy (non-hydrogen) atoms. The largest absolute Gasteiger partial charge is 0.493 e. The molecule has 0 atom stereocenters. The SMILES string of the molecule is CCCNCc1cc(Br)c(OC2CCOCC2)c(OC)c1. The van der Waals surface area contributed by atoms with Gasteiger partial charge >= 0.3 is 0 Å². The first-order valence-corrected chi connectivity index (χ1v) is 8.35. The van der Waals surface area contributed by atoms with Crippen LogP contribution < -0.4 is 14.8 Å². The van der Waals surface area contributed by atoms with Crippen LogP contribution in [-0.2, 0) is 11.3 Å². The van der Waals surface area contributed by atoms with Crippen molar-refractivity contribution in [3.63, 3.8) is 0 Å². The molecule has 1 fully saturated rings. The van der Waals surface area contributed by atoms with Crippen molar-refractivity contribution in [3.8, 4) is 11.5 Å². The molecule has 4 nitrogen and oxygen atoms in total. The molecule has 0 bridgehead atoms. The second kappa shape index (κ2) is 8.61. The molecule has 5 heteroatoms. The lowest BCUT2D eigenvalue weighted by atomic mass is 10.1. The Balaban J connectivity index is 2.08. The van der Waals surface area contributed by atoms with Crippen molar-refractivity contribution < 1.29 is 14.2 Å². The van der Waals surface area contributed by atoms with Gasteiger partial charge in [-0.3, -0.25) is 0 Å². The van der Waals surface area contributed by atoms with Gasteiger partial charge in [-0.25, -0.2) is 0 Å². The summed E-state index contributed by atoms with van der Waals surface area (Å²) in [5, 5.41) is 3.40. The molecule has 1 aliphatic rings. The molecule has 0 radical (unpaired) electrons. The Morgan fingerprint density at radius 3 is 2.76 bits per heavy atom. The van der Waals surface area contributed by atoms with E-state index in [1.165, 1.54) is 5.56 Å². The van der Waals surface area contributed by atoms with Gasteiger partial charge in [0.05, 0.1) is 24.8 Å². The second-order valence-electron chi connectivity index (χ2n) is 5.22. The number of hydrogen-bond acceptors (Lipinski definition) is 4. The molecule has 0 aromatic heterocycles. The highest BCUT2D eigenvalue weighted by atomic mass is 79.9. The van der Waals surface area contributed by atoms with E-state index in [-0.39, 0.29) is 6.10 Å². The average molecular weight is 358 g/mol. The van der Waals surface area contributed by atoms with Crippen LogP contribution in [0.4, 0.5) is 0 Å². The van der Waals surface area contributed by atoms with Crippen LogP contribution in [0.15, 0.2) is 16.6 Å². The summed E-state index contributed by atoms with van der Waals surface area (Å²) in [6.07, 6.45) is 3.18. The normalized spacial score (nSPS) is 16.0. The molecule has 1 aliphatic heterocycles. The summed E-state index contributed by atoms with van der Waals surface area (Å²) >= 11 is 3.61. The third-order valence-electron chi connectivity index (χ3n) is 3.50. The van der Waals surface area contributed by atoms with Crippen LogP contribution in [-0.4, -0.2) is 33.0 Å². The molecule has 1 aromatic rings. The molecule has 0 spiro atoms. The molecule has 1 saturated heterocycles. The summed E-state index contributed by atoms with van der Waals surface area (Å²) in [4.78, 5) is 0. The van der Waals surface area contributed by atoms with Crippen LogP contribution in [0, 0.1) is 0 Å². The van der Waals surface area contributed by atoms with Crippen molar-refractivity contribution >= 4 is 15.9 Å². The predicted octanol–water partition coefficient (Wildman–Crippen LogP) is 3.52. The average Bonchev–Trinajstić information content (AvgIpc) is 2.51. The number of nitrogens with one attached hydrogen (secondary N) is 1. The van der Waals surface area contributed by atoms with E-state index >= 15 is 0 Å². The minimum atomic E-state index is 0.202. The number of rotatable bonds is 7. The number of hydrogen-bond donors (Lipinski definition) is 1. The Bertz CT molecular complexity index is 447. The van der Waals surface area contributed by atoms with E-state index < -0.39 is 0 Å².